The summed E-state index contributed by atoms with van der Waals surface area (Å²) in [5.74, 6) is 0.307. The highest BCUT2D eigenvalue weighted by Crippen LogP contribution is 2.29. The first-order valence-corrected chi connectivity index (χ1v) is 7.65. The van der Waals surface area contributed by atoms with Crippen LogP contribution in [0.3, 0.4) is 0 Å². The minimum atomic E-state index is -0.285. The van der Waals surface area contributed by atoms with Gasteiger partial charge in [0.15, 0.2) is 0 Å². The van der Waals surface area contributed by atoms with E-state index in [-0.39, 0.29) is 5.97 Å². The van der Waals surface area contributed by atoms with Gasteiger partial charge in [-0.15, -0.1) is 0 Å². The molecule has 0 saturated carbocycles. The normalized spacial score (nSPS) is 19.8. The second kappa shape index (κ2) is 5.90. The molecule has 1 fully saturated rings. The number of likely N-dealkylation sites (tertiary alicyclic amines) is 1. The molecule has 4 heteroatoms. The highest BCUT2D eigenvalue weighted by atomic mass is 16.5. The molecular formula is C17H22N2O2. The van der Waals surface area contributed by atoms with Crippen molar-refractivity contribution in [3.05, 3.63) is 35.5 Å². The van der Waals surface area contributed by atoms with Gasteiger partial charge >= 0.3 is 5.97 Å². The van der Waals surface area contributed by atoms with Crippen LogP contribution in [0.4, 0.5) is 0 Å². The number of aromatic nitrogens is 1. The van der Waals surface area contributed by atoms with Gasteiger partial charge in [-0.05, 0) is 63.0 Å². The summed E-state index contributed by atoms with van der Waals surface area (Å²) in [4.78, 5) is 17.3. The number of ether oxygens (including phenoxy) is 1. The zero-order chi connectivity index (χ0) is 14.8. The van der Waals surface area contributed by atoms with E-state index >= 15 is 0 Å². The lowest BCUT2D eigenvalue weighted by atomic mass is 9.90. The van der Waals surface area contributed by atoms with E-state index in [0.717, 1.165) is 17.4 Å². The molecule has 112 valence electrons. The van der Waals surface area contributed by atoms with Gasteiger partial charge in [-0.2, -0.15) is 0 Å². The maximum absolute atomic E-state index is 11.8. The van der Waals surface area contributed by atoms with E-state index in [4.69, 9.17) is 4.74 Å². The third kappa shape index (κ3) is 2.95. The van der Waals surface area contributed by atoms with Crippen molar-refractivity contribution < 1.29 is 9.53 Å². The highest BCUT2D eigenvalue weighted by Gasteiger charge is 2.19. The van der Waals surface area contributed by atoms with Crippen LogP contribution in [0.15, 0.2) is 24.3 Å². The predicted octanol–water partition coefficient (Wildman–Crippen LogP) is 3.15. The number of aromatic amines is 1. The number of rotatable bonds is 3. The fraction of sp³-hybridized carbons (Fsp3) is 0.471. The molecule has 1 atom stereocenters. The third-order valence-electron chi connectivity index (χ3n) is 4.24. The molecule has 21 heavy (non-hydrogen) atoms. The van der Waals surface area contributed by atoms with Crippen molar-refractivity contribution in [1.29, 1.82) is 0 Å². The van der Waals surface area contributed by atoms with E-state index in [9.17, 15) is 4.79 Å². The smallest absolute Gasteiger partial charge is 0.354 e. The van der Waals surface area contributed by atoms with Crippen molar-refractivity contribution in [1.82, 2.24) is 9.88 Å². The molecule has 1 saturated heterocycles. The number of carbonyl (C=O) groups excluding carboxylic acids is 1. The zero-order valence-corrected chi connectivity index (χ0v) is 12.7. The first kappa shape index (κ1) is 14.1. The minimum absolute atomic E-state index is 0.285. The second-order valence-corrected chi connectivity index (χ2v) is 5.85. The van der Waals surface area contributed by atoms with Crippen LogP contribution < -0.4 is 0 Å². The largest absolute Gasteiger partial charge is 0.461 e. The molecule has 2 heterocycles. The molecule has 2 aromatic rings. The number of H-pyrrole nitrogens is 1. The first-order valence-electron chi connectivity index (χ1n) is 7.65. The lowest BCUT2D eigenvalue weighted by molar-refractivity contribution is 0.0520. The number of likely N-dealkylation sites (N-methyl/N-ethyl adjacent to an activating group) is 1. The van der Waals surface area contributed by atoms with Crippen LogP contribution in [0.25, 0.3) is 10.9 Å². The quantitative estimate of drug-likeness (QED) is 0.882. The Balaban J connectivity index is 1.87. The minimum Gasteiger partial charge on any atom is -0.461 e. The molecule has 0 bridgehead atoms. The molecule has 0 spiro atoms. The molecule has 1 aliphatic rings. The van der Waals surface area contributed by atoms with Gasteiger partial charge < -0.3 is 14.6 Å². The SMILES string of the molecule is CCOC(=O)c1cc2cc(C3CCCN(C)C3)ccc2[nH]1. The third-order valence-corrected chi connectivity index (χ3v) is 4.24. The summed E-state index contributed by atoms with van der Waals surface area (Å²) in [5, 5.41) is 1.09. The van der Waals surface area contributed by atoms with Crippen molar-refractivity contribution in [3.63, 3.8) is 0 Å². The molecule has 1 unspecified atom stereocenters. The van der Waals surface area contributed by atoms with Gasteiger partial charge in [0, 0.05) is 17.4 Å². The van der Waals surface area contributed by atoms with Crippen LogP contribution in [0.2, 0.25) is 0 Å². The summed E-state index contributed by atoms with van der Waals surface area (Å²) in [6, 6.07) is 8.35. The van der Waals surface area contributed by atoms with Gasteiger partial charge in [0.1, 0.15) is 5.69 Å². The molecule has 1 aromatic heterocycles. The number of fused-ring (bicyclic) bond motifs is 1. The Morgan fingerprint density at radius 1 is 1.43 bits per heavy atom. The molecule has 1 aliphatic heterocycles. The van der Waals surface area contributed by atoms with E-state index in [0.29, 0.717) is 18.2 Å². The summed E-state index contributed by atoms with van der Waals surface area (Å²) in [6.45, 7) is 4.52. The topological polar surface area (TPSA) is 45.3 Å². The summed E-state index contributed by atoms with van der Waals surface area (Å²) < 4.78 is 5.04. The van der Waals surface area contributed by atoms with Crippen molar-refractivity contribution in [3.8, 4) is 0 Å². The molecule has 0 radical (unpaired) electrons. The highest BCUT2D eigenvalue weighted by molar-refractivity contribution is 5.95. The van der Waals surface area contributed by atoms with Crippen molar-refractivity contribution in [2.75, 3.05) is 26.7 Å². The molecule has 4 nitrogen and oxygen atoms in total. The molecule has 1 aromatic carbocycles. The molecule has 0 amide bonds. The van der Waals surface area contributed by atoms with Crippen LogP contribution in [0.5, 0.6) is 0 Å². The van der Waals surface area contributed by atoms with Crippen LogP contribution >= 0.6 is 0 Å². The van der Waals surface area contributed by atoms with Gasteiger partial charge in [0.2, 0.25) is 0 Å². The summed E-state index contributed by atoms with van der Waals surface area (Å²) >= 11 is 0. The van der Waals surface area contributed by atoms with Crippen molar-refractivity contribution >= 4 is 16.9 Å². The van der Waals surface area contributed by atoms with E-state index in [1.165, 1.54) is 24.9 Å². The van der Waals surface area contributed by atoms with Crippen LogP contribution in [-0.4, -0.2) is 42.6 Å². The Kier molecular flexibility index (Phi) is 3.97. The average molecular weight is 286 g/mol. The monoisotopic (exact) mass is 286 g/mol. The van der Waals surface area contributed by atoms with Gasteiger partial charge in [0.25, 0.3) is 0 Å². The van der Waals surface area contributed by atoms with E-state index in [1.807, 2.05) is 13.0 Å². The Morgan fingerprint density at radius 2 is 2.29 bits per heavy atom. The molecular weight excluding hydrogens is 264 g/mol. The Hall–Kier alpha value is -1.81. The Labute approximate surface area is 125 Å². The van der Waals surface area contributed by atoms with Crippen molar-refractivity contribution in [2.45, 2.75) is 25.7 Å². The predicted molar refractivity (Wildman–Crippen MR) is 83.7 cm³/mol. The number of carbonyl (C=O) groups is 1. The van der Waals surface area contributed by atoms with Crippen LogP contribution in [0, 0.1) is 0 Å². The maximum Gasteiger partial charge on any atom is 0.354 e. The van der Waals surface area contributed by atoms with Gasteiger partial charge in [-0.25, -0.2) is 4.79 Å². The number of nitrogens with one attached hydrogen (secondary N) is 1. The van der Waals surface area contributed by atoms with Gasteiger partial charge in [0.05, 0.1) is 6.61 Å². The number of nitrogens with zero attached hydrogens (tertiary/aromatic N) is 1. The number of piperidine rings is 1. The summed E-state index contributed by atoms with van der Waals surface area (Å²) in [6.07, 6.45) is 2.49. The maximum atomic E-state index is 11.8. The van der Waals surface area contributed by atoms with Crippen molar-refractivity contribution in [2.24, 2.45) is 0 Å². The zero-order valence-electron chi connectivity index (χ0n) is 12.7. The number of hydrogen-bond acceptors (Lipinski definition) is 3. The fourth-order valence-electron chi connectivity index (χ4n) is 3.16. The van der Waals surface area contributed by atoms with Gasteiger partial charge in [-0.1, -0.05) is 6.07 Å². The number of esters is 1. The van der Waals surface area contributed by atoms with E-state index in [1.54, 1.807) is 0 Å². The van der Waals surface area contributed by atoms with E-state index < -0.39 is 0 Å². The molecule has 0 aliphatic carbocycles. The van der Waals surface area contributed by atoms with E-state index in [2.05, 4.69) is 35.1 Å². The average Bonchev–Trinajstić information content (AvgIpc) is 2.90. The summed E-state index contributed by atoms with van der Waals surface area (Å²) in [5.41, 5.74) is 2.89. The molecule has 3 rings (SSSR count). The second-order valence-electron chi connectivity index (χ2n) is 5.85. The molecule has 1 N–H and O–H groups in total. The lowest BCUT2D eigenvalue weighted by Crippen LogP contribution is -2.30. The standard InChI is InChI=1S/C17H22N2O2/c1-3-21-17(20)16-10-14-9-12(6-7-15(14)18-16)13-5-4-8-19(2)11-13/h6-7,9-10,13,18H,3-5,8,11H2,1-2H3. The Bertz CT molecular complexity index is 647. The first-order chi connectivity index (χ1) is 10.2. The van der Waals surface area contributed by atoms with Crippen LogP contribution in [-0.2, 0) is 4.74 Å². The summed E-state index contributed by atoms with van der Waals surface area (Å²) in [7, 11) is 2.18. The lowest BCUT2D eigenvalue weighted by Gasteiger charge is -2.30. The Morgan fingerprint density at radius 3 is 3.05 bits per heavy atom. The number of hydrogen-bond donors (Lipinski definition) is 1. The number of benzene rings is 1. The van der Waals surface area contributed by atoms with Crippen LogP contribution in [0.1, 0.15) is 41.7 Å². The fourth-order valence-corrected chi connectivity index (χ4v) is 3.16. The van der Waals surface area contributed by atoms with Gasteiger partial charge in [-0.3, -0.25) is 0 Å².